The molecule has 0 aromatic heterocycles. The fourth-order valence-corrected chi connectivity index (χ4v) is 2.82. The van der Waals surface area contributed by atoms with Crippen molar-refractivity contribution in [3.8, 4) is 11.5 Å². The molecule has 0 atom stereocenters. The van der Waals surface area contributed by atoms with Crippen LogP contribution in [-0.2, 0) is 27.3 Å². The summed E-state index contributed by atoms with van der Waals surface area (Å²) in [5.74, 6) is 0.677. The van der Waals surface area contributed by atoms with Crippen LogP contribution in [-0.4, -0.2) is 47.9 Å². The Morgan fingerprint density at radius 3 is 2.13 bits per heavy atom. The number of alkyl halides is 1. The van der Waals surface area contributed by atoms with Crippen LogP contribution in [0.15, 0.2) is 36.4 Å². The third kappa shape index (κ3) is 5.60. The molecule has 30 heavy (non-hydrogen) atoms. The first kappa shape index (κ1) is 22.3. The Labute approximate surface area is 177 Å². The van der Waals surface area contributed by atoms with Gasteiger partial charge in [-0.05, 0) is 67.1 Å². The van der Waals surface area contributed by atoms with E-state index in [1.807, 2.05) is 6.07 Å². The van der Waals surface area contributed by atoms with Crippen LogP contribution in [0.25, 0.3) is 0 Å². The minimum absolute atomic E-state index is 0.0465. The number of carbonyl (C=O) groups is 1. The summed E-state index contributed by atoms with van der Waals surface area (Å²) in [4.78, 5) is 11.4. The molecule has 2 aromatic rings. The van der Waals surface area contributed by atoms with Crippen LogP contribution in [0.3, 0.4) is 0 Å². The second-order valence-corrected chi connectivity index (χ2v) is 7.24. The number of carbonyl (C=O) groups excluding carboxylic acids is 1. The van der Waals surface area contributed by atoms with E-state index >= 15 is 0 Å². The van der Waals surface area contributed by atoms with Crippen LogP contribution in [0.4, 0.5) is 4.39 Å². The van der Waals surface area contributed by atoms with Crippen LogP contribution in [0, 0.1) is 0 Å². The average molecular weight is 419 g/mol. The normalized spacial score (nSPS) is 14.5. The Bertz CT molecular complexity index is 913. The van der Waals surface area contributed by atoms with Crippen LogP contribution >= 0.6 is 0 Å². The van der Waals surface area contributed by atoms with Crippen LogP contribution in [0.2, 0.25) is 0 Å². The highest BCUT2D eigenvalue weighted by atomic mass is 19.1. The number of fused-ring (bicyclic) bond motifs is 2. The summed E-state index contributed by atoms with van der Waals surface area (Å²) in [5, 5.41) is 27.8. The number of phenolic OH excluding ortho intramolecular Hbond substituents is 1. The second-order valence-electron chi connectivity index (χ2n) is 7.24. The maximum Gasteiger partial charge on any atom is 0.491 e. The number of ether oxygens (including phenoxy) is 1. The van der Waals surface area contributed by atoms with Gasteiger partial charge in [0.15, 0.2) is 11.4 Å². The summed E-state index contributed by atoms with van der Waals surface area (Å²) >= 11 is 0. The molecule has 0 amide bonds. The first-order valence-electron chi connectivity index (χ1n) is 9.89. The van der Waals surface area contributed by atoms with E-state index in [9.17, 15) is 19.2 Å². The fourth-order valence-electron chi connectivity index (χ4n) is 2.82. The highest BCUT2D eigenvalue weighted by molar-refractivity contribution is 6.62. The first-order valence-corrected chi connectivity index (χ1v) is 9.18. The quantitative estimate of drug-likeness (QED) is 0.634. The molecule has 2 aromatic carbocycles. The smallest absolute Gasteiger partial charge is 0.491 e. The molecule has 3 N–H and O–H groups in total. The summed E-state index contributed by atoms with van der Waals surface area (Å²) in [6, 6.07) is 10.2. The Balaban J connectivity index is 0.000000209. The zero-order valence-corrected chi connectivity index (χ0v) is 17.1. The Kier molecular flexibility index (Phi) is 7.49. The molecule has 0 unspecified atom stereocenters. The summed E-state index contributed by atoms with van der Waals surface area (Å²) in [6.07, 6.45) is 0. The second kappa shape index (κ2) is 10.1. The third-order valence-electron chi connectivity index (χ3n) is 4.79. The number of hydrogen-bond acceptors (Lipinski definition) is 7. The van der Waals surface area contributed by atoms with Crippen molar-refractivity contribution in [2.75, 3.05) is 7.15 Å². The highest BCUT2D eigenvalue weighted by Crippen LogP contribution is 2.21. The SMILES string of the molecule is CC(=O)C(C)(C)Oc1ccc2c(c1)B(O)OC2.OB1OCc2ccc(O)cc21.[2H]CF. The average Bonchev–Trinajstić information content (AvgIpc) is 3.25. The molecule has 0 fully saturated rings. The van der Waals surface area contributed by atoms with Gasteiger partial charge in [-0.15, -0.1) is 0 Å². The topological polar surface area (TPSA) is 105 Å². The van der Waals surface area contributed by atoms with Gasteiger partial charge in [0.1, 0.15) is 11.5 Å². The van der Waals surface area contributed by atoms with E-state index in [0.717, 1.165) is 11.1 Å². The lowest BCUT2D eigenvalue weighted by atomic mass is 9.79. The van der Waals surface area contributed by atoms with Gasteiger partial charge in [-0.1, -0.05) is 12.1 Å². The van der Waals surface area contributed by atoms with Crippen LogP contribution in [0.1, 0.15) is 33.3 Å². The maximum absolute atomic E-state index is 11.4. The molecule has 7 nitrogen and oxygen atoms in total. The molecule has 160 valence electrons. The number of aromatic hydroxyl groups is 1. The molecule has 2 heterocycles. The largest absolute Gasteiger partial charge is 0.508 e. The number of phenols is 1. The van der Waals surface area contributed by atoms with Crippen molar-refractivity contribution in [1.82, 2.24) is 0 Å². The van der Waals surface area contributed by atoms with E-state index in [4.69, 9.17) is 20.5 Å². The van der Waals surface area contributed by atoms with Gasteiger partial charge in [-0.2, -0.15) is 0 Å². The zero-order chi connectivity index (χ0) is 23.2. The highest BCUT2D eigenvalue weighted by Gasteiger charge is 2.30. The van der Waals surface area contributed by atoms with Crippen LogP contribution in [0.5, 0.6) is 11.5 Å². The number of benzene rings is 2. The van der Waals surface area contributed by atoms with Crippen molar-refractivity contribution in [2.24, 2.45) is 0 Å². The molecule has 10 heteroatoms. The first-order chi connectivity index (χ1) is 14.6. The molecule has 0 bridgehead atoms. The van der Waals surface area contributed by atoms with Crippen molar-refractivity contribution < 1.29 is 39.8 Å². The number of rotatable bonds is 3. The van der Waals surface area contributed by atoms with E-state index in [-0.39, 0.29) is 11.5 Å². The molecule has 0 aliphatic carbocycles. The van der Waals surface area contributed by atoms with E-state index in [1.54, 1.807) is 38.1 Å². The Morgan fingerprint density at radius 2 is 1.60 bits per heavy atom. The van der Waals surface area contributed by atoms with E-state index in [2.05, 4.69) is 0 Å². The molecule has 0 radical (unpaired) electrons. The Morgan fingerprint density at radius 1 is 1.10 bits per heavy atom. The van der Waals surface area contributed by atoms with Gasteiger partial charge in [0.25, 0.3) is 0 Å². The summed E-state index contributed by atoms with van der Waals surface area (Å²) in [7, 11) is -2.76. The van der Waals surface area contributed by atoms with Gasteiger partial charge in [-0.3, -0.25) is 9.18 Å². The van der Waals surface area contributed by atoms with Gasteiger partial charge in [0.2, 0.25) is 0 Å². The third-order valence-corrected chi connectivity index (χ3v) is 4.79. The minimum Gasteiger partial charge on any atom is -0.508 e. The van der Waals surface area contributed by atoms with Gasteiger partial charge < -0.3 is 29.2 Å². The summed E-state index contributed by atoms with van der Waals surface area (Å²) in [5.41, 5.74) is 2.41. The van der Waals surface area contributed by atoms with Crippen molar-refractivity contribution >= 4 is 30.9 Å². The molecular weight excluding hydrogens is 393 g/mol. The molecule has 4 rings (SSSR count). The van der Waals surface area contributed by atoms with Gasteiger partial charge in [-0.25, -0.2) is 0 Å². The van der Waals surface area contributed by atoms with Crippen LogP contribution < -0.4 is 15.7 Å². The molecule has 0 saturated heterocycles. The van der Waals surface area contributed by atoms with Gasteiger partial charge >= 0.3 is 14.2 Å². The van der Waals surface area contributed by atoms with Crippen molar-refractivity contribution in [2.45, 2.75) is 39.6 Å². The van der Waals surface area contributed by atoms with Crippen molar-refractivity contribution in [3.05, 3.63) is 47.5 Å². The van der Waals surface area contributed by atoms with E-state index in [1.165, 1.54) is 13.0 Å². The molecule has 2 aliphatic heterocycles. The predicted molar refractivity (Wildman–Crippen MR) is 112 cm³/mol. The number of halogens is 1. The number of ketones is 1. The number of Topliss-reactive ketones (excluding diaryl/α,β-unsaturated/α-hetero) is 1. The van der Waals surface area contributed by atoms with E-state index in [0.29, 0.717) is 29.9 Å². The maximum atomic E-state index is 11.4. The van der Waals surface area contributed by atoms with Crippen molar-refractivity contribution in [1.29, 1.82) is 0 Å². The lowest BCUT2D eigenvalue weighted by Crippen LogP contribution is -2.37. The van der Waals surface area contributed by atoms with E-state index < -0.39 is 27.0 Å². The predicted octanol–water partition coefficient (Wildman–Crippen LogP) is 0.846. The monoisotopic (exact) mass is 419 g/mol. The molecule has 0 spiro atoms. The minimum atomic E-state index is -1.00. The lowest BCUT2D eigenvalue weighted by molar-refractivity contribution is -0.129. The standard InChI is InChI=1S/C12H15BO4.C7H7BO3.CH3F/c1-8(14)12(2,3)17-10-5-4-9-7-16-13(15)11(9)6-10;9-6-2-1-5-4-11-8(10)7(5)3-6;1-2/h4-6,15H,7H2,1-3H3;1-3,9-10H,4H2;1H3/i;;1D. The lowest BCUT2D eigenvalue weighted by Gasteiger charge is -2.23. The van der Waals surface area contributed by atoms with Gasteiger partial charge in [0, 0.05) is 0 Å². The number of hydrogen-bond donors (Lipinski definition) is 3. The molecule has 0 saturated carbocycles. The zero-order valence-electron chi connectivity index (χ0n) is 18.1. The van der Waals surface area contributed by atoms with Gasteiger partial charge in [0.05, 0.1) is 21.7 Å². The summed E-state index contributed by atoms with van der Waals surface area (Å²) in [6.45, 7) is 5.76. The summed E-state index contributed by atoms with van der Waals surface area (Å²) < 4.78 is 31.1. The fraction of sp³-hybridized carbons (Fsp3) is 0.350. The molecular formula is C20H25B2FO7. The molecule has 2 aliphatic rings. The Hall–Kier alpha value is -2.39. The van der Waals surface area contributed by atoms with Crippen molar-refractivity contribution in [3.63, 3.8) is 0 Å².